The highest BCUT2D eigenvalue weighted by atomic mass is 16.5. The maximum Gasteiger partial charge on any atom is 0.338 e. The van der Waals surface area contributed by atoms with Crippen molar-refractivity contribution in [1.29, 1.82) is 5.26 Å². The number of amides is 1. The summed E-state index contributed by atoms with van der Waals surface area (Å²) in [6.45, 7) is 4.32. The van der Waals surface area contributed by atoms with Crippen molar-refractivity contribution in [2.24, 2.45) is 10.2 Å². The highest BCUT2D eigenvalue weighted by molar-refractivity contribution is 5.93. The number of carbonyl (C=O) groups excluding carboxylic acids is 2. The van der Waals surface area contributed by atoms with Crippen molar-refractivity contribution in [2.75, 3.05) is 23.8 Å². The molecule has 0 saturated carbocycles. The predicted molar refractivity (Wildman–Crippen MR) is 115 cm³/mol. The van der Waals surface area contributed by atoms with Crippen molar-refractivity contribution < 1.29 is 14.3 Å². The molecule has 1 amide bonds. The Balaban J connectivity index is 2.17. The molecule has 8 heteroatoms. The molecule has 156 valence electrons. The molecule has 2 rings (SSSR count). The number of rotatable bonds is 10. The number of benzene rings is 2. The van der Waals surface area contributed by atoms with E-state index >= 15 is 0 Å². The summed E-state index contributed by atoms with van der Waals surface area (Å²) in [5.41, 5.74) is 2.60. The third-order valence-corrected chi connectivity index (χ3v) is 3.96. The molecule has 0 saturated heterocycles. The number of hydrogen-bond donors (Lipinski definition) is 2. The van der Waals surface area contributed by atoms with Crippen LogP contribution in [0.5, 0.6) is 0 Å². The van der Waals surface area contributed by atoms with Gasteiger partial charge in [-0.25, -0.2) is 4.79 Å². The summed E-state index contributed by atoms with van der Waals surface area (Å²) in [4.78, 5) is 23.6. The molecule has 8 nitrogen and oxygen atoms in total. The molecule has 0 aromatic heterocycles. The van der Waals surface area contributed by atoms with Gasteiger partial charge < -0.3 is 15.4 Å². The van der Waals surface area contributed by atoms with Crippen molar-refractivity contribution in [1.82, 2.24) is 0 Å². The smallest absolute Gasteiger partial charge is 0.338 e. The normalized spacial score (nSPS) is 10.4. The number of nitrogens with zero attached hydrogens (tertiary/aromatic N) is 3. The van der Waals surface area contributed by atoms with Gasteiger partial charge >= 0.3 is 5.97 Å². The molecule has 2 aromatic rings. The molecule has 0 atom stereocenters. The molecule has 2 N–H and O–H groups in total. The molecular weight excluding hydrogens is 382 g/mol. The number of ether oxygens (including phenoxy) is 1. The molecular formula is C22H25N5O3. The number of unbranched alkanes of at least 4 members (excludes halogenated alkanes) is 1. The van der Waals surface area contributed by atoms with E-state index in [9.17, 15) is 9.59 Å². The average molecular weight is 407 g/mol. The van der Waals surface area contributed by atoms with Gasteiger partial charge in [0.15, 0.2) is 0 Å². The zero-order chi connectivity index (χ0) is 21.8. The second-order valence-electron chi connectivity index (χ2n) is 6.49. The second kappa shape index (κ2) is 12.0. The van der Waals surface area contributed by atoms with Gasteiger partial charge in [0, 0.05) is 19.2 Å². The summed E-state index contributed by atoms with van der Waals surface area (Å²) in [7, 11) is 0. The molecule has 30 heavy (non-hydrogen) atoms. The van der Waals surface area contributed by atoms with Gasteiger partial charge in [-0.1, -0.05) is 19.4 Å². The summed E-state index contributed by atoms with van der Waals surface area (Å²) in [6.07, 6.45) is 2.14. The Bertz CT molecular complexity index is 950. The number of nitriles is 1. The van der Waals surface area contributed by atoms with Crippen molar-refractivity contribution in [3.8, 4) is 6.07 Å². The number of anilines is 2. The predicted octanol–water partition coefficient (Wildman–Crippen LogP) is 5.34. The van der Waals surface area contributed by atoms with Crippen molar-refractivity contribution in [3.05, 3.63) is 48.0 Å². The Labute approximate surface area is 176 Å². The lowest BCUT2D eigenvalue weighted by Crippen LogP contribution is -2.07. The summed E-state index contributed by atoms with van der Waals surface area (Å²) in [6, 6.07) is 14.0. The highest BCUT2D eigenvalue weighted by Gasteiger charge is 2.08. The maximum absolute atomic E-state index is 12.1. The zero-order valence-corrected chi connectivity index (χ0v) is 17.1. The van der Waals surface area contributed by atoms with Gasteiger partial charge in [-0.2, -0.15) is 10.4 Å². The molecule has 0 spiro atoms. The number of azo groups is 1. The fourth-order valence-corrected chi connectivity index (χ4v) is 2.48. The first kappa shape index (κ1) is 22.6. The van der Waals surface area contributed by atoms with E-state index in [0.717, 1.165) is 18.5 Å². The first-order valence-corrected chi connectivity index (χ1v) is 9.75. The van der Waals surface area contributed by atoms with Gasteiger partial charge in [0.05, 0.1) is 36.0 Å². The SMILES string of the molecule is CCCCOC(=O)c1cccc(N=Nc2ccc(NCCC#N)cc2NC(C)=O)c1. The van der Waals surface area contributed by atoms with E-state index in [0.29, 0.717) is 42.2 Å². The zero-order valence-electron chi connectivity index (χ0n) is 17.1. The highest BCUT2D eigenvalue weighted by Crippen LogP contribution is 2.30. The minimum Gasteiger partial charge on any atom is -0.462 e. The third kappa shape index (κ3) is 7.36. The van der Waals surface area contributed by atoms with Crippen LogP contribution in [0.25, 0.3) is 0 Å². The Morgan fingerprint density at radius 3 is 2.73 bits per heavy atom. The van der Waals surface area contributed by atoms with Gasteiger partial charge in [0.2, 0.25) is 5.91 Å². The molecule has 2 aromatic carbocycles. The summed E-state index contributed by atoms with van der Waals surface area (Å²) in [5.74, 6) is -0.635. The minimum absolute atomic E-state index is 0.238. The molecule has 0 bridgehead atoms. The van der Waals surface area contributed by atoms with Crippen LogP contribution in [-0.4, -0.2) is 25.0 Å². The fraction of sp³-hybridized carbons (Fsp3) is 0.318. The average Bonchev–Trinajstić information content (AvgIpc) is 2.73. The Hall–Kier alpha value is -3.73. The summed E-state index contributed by atoms with van der Waals surface area (Å²) >= 11 is 0. The van der Waals surface area contributed by atoms with Crippen LogP contribution in [0.3, 0.4) is 0 Å². The van der Waals surface area contributed by atoms with Crippen LogP contribution in [0.4, 0.5) is 22.7 Å². The van der Waals surface area contributed by atoms with Crippen molar-refractivity contribution in [3.63, 3.8) is 0 Å². The number of hydrogen-bond acceptors (Lipinski definition) is 7. The van der Waals surface area contributed by atoms with E-state index in [2.05, 4.69) is 26.9 Å². The van der Waals surface area contributed by atoms with Crippen LogP contribution < -0.4 is 10.6 Å². The molecule has 0 aliphatic rings. The molecule has 0 unspecified atom stereocenters. The number of esters is 1. The van der Waals surface area contributed by atoms with Gasteiger partial charge in [0.25, 0.3) is 0 Å². The summed E-state index contributed by atoms with van der Waals surface area (Å²) < 4.78 is 5.22. The molecule has 0 fully saturated rings. The lowest BCUT2D eigenvalue weighted by atomic mass is 10.2. The quantitative estimate of drug-likeness (QED) is 0.313. The Kier molecular flexibility index (Phi) is 9.00. The van der Waals surface area contributed by atoms with Gasteiger partial charge in [-0.05, 0) is 42.8 Å². The van der Waals surface area contributed by atoms with Crippen molar-refractivity contribution in [2.45, 2.75) is 33.1 Å². The molecule has 0 radical (unpaired) electrons. The van der Waals surface area contributed by atoms with Gasteiger partial charge in [-0.3, -0.25) is 4.79 Å². The van der Waals surface area contributed by atoms with Crippen LogP contribution in [-0.2, 0) is 9.53 Å². The first-order valence-electron chi connectivity index (χ1n) is 9.75. The fourth-order valence-electron chi connectivity index (χ4n) is 2.48. The number of nitrogens with one attached hydrogen (secondary N) is 2. The monoisotopic (exact) mass is 407 g/mol. The largest absolute Gasteiger partial charge is 0.462 e. The Morgan fingerprint density at radius 2 is 2.00 bits per heavy atom. The van der Waals surface area contributed by atoms with Crippen LogP contribution in [0.2, 0.25) is 0 Å². The number of carbonyl (C=O) groups is 2. The molecule has 0 aliphatic carbocycles. The van der Waals surface area contributed by atoms with Gasteiger partial charge in [0.1, 0.15) is 5.69 Å². The lowest BCUT2D eigenvalue weighted by molar-refractivity contribution is -0.114. The van der Waals surface area contributed by atoms with E-state index in [1.807, 2.05) is 6.92 Å². The van der Waals surface area contributed by atoms with Crippen LogP contribution >= 0.6 is 0 Å². The van der Waals surface area contributed by atoms with Crippen LogP contribution in [0, 0.1) is 11.3 Å². The van der Waals surface area contributed by atoms with E-state index < -0.39 is 5.97 Å². The van der Waals surface area contributed by atoms with E-state index in [-0.39, 0.29) is 5.91 Å². The van der Waals surface area contributed by atoms with Crippen LogP contribution in [0.15, 0.2) is 52.7 Å². The molecule has 0 heterocycles. The lowest BCUT2D eigenvalue weighted by Gasteiger charge is -2.10. The van der Waals surface area contributed by atoms with E-state index in [1.54, 1.807) is 42.5 Å². The topological polar surface area (TPSA) is 116 Å². The third-order valence-electron chi connectivity index (χ3n) is 3.96. The van der Waals surface area contributed by atoms with Crippen molar-refractivity contribution >= 4 is 34.6 Å². The first-order chi connectivity index (χ1) is 14.5. The van der Waals surface area contributed by atoms with Crippen LogP contribution in [0.1, 0.15) is 43.5 Å². The standard InChI is InChI=1S/C22H25N5O3/c1-3-4-13-30-22(29)17-7-5-8-19(14-17)26-27-20-10-9-18(24-12-6-11-23)15-21(20)25-16(2)28/h5,7-10,14-15,24H,3-4,6,12-13H2,1-2H3,(H,25,28). The van der Waals surface area contributed by atoms with E-state index in [4.69, 9.17) is 10.00 Å². The van der Waals surface area contributed by atoms with Gasteiger partial charge in [-0.15, -0.1) is 5.11 Å². The maximum atomic E-state index is 12.1. The van der Waals surface area contributed by atoms with E-state index in [1.165, 1.54) is 6.92 Å². The molecule has 0 aliphatic heterocycles. The Morgan fingerprint density at radius 1 is 1.17 bits per heavy atom. The summed E-state index contributed by atoms with van der Waals surface area (Å²) in [5, 5.41) is 22.9. The minimum atomic E-state index is -0.396. The second-order valence-corrected chi connectivity index (χ2v) is 6.49.